The van der Waals surface area contributed by atoms with Gasteiger partial charge in [-0.05, 0) is 40.0 Å². The number of amides is 1. The molecule has 5 nitrogen and oxygen atoms in total. The average molecular weight is 244 g/mol. The molecule has 1 fully saturated rings. The maximum atomic E-state index is 11.8. The second-order valence-corrected chi connectivity index (χ2v) is 5.87. The first-order valence-corrected chi connectivity index (χ1v) is 6.12. The molecule has 0 aromatic heterocycles. The van der Waals surface area contributed by atoms with Crippen LogP contribution >= 0.6 is 0 Å². The van der Waals surface area contributed by atoms with Gasteiger partial charge < -0.3 is 14.9 Å². The lowest BCUT2D eigenvalue weighted by molar-refractivity contribution is 0.00640. The van der Waals surface area contributed by atoms with Crippen LogP contribution in [0.3, 0.4) is 0 Å². The molecule has 1 saturated carbocycles. The van der Waals surface area contributed by atoms with Gasteiger partial charge in [-0.15, -0.1) is 0 Å². The molecule has 5 heteroatoms. The van der Waals surface area contributed by atoms with Crippen molar-refractivity contribution in [2.24, 2.45) is 11.8 Å². The molecule has 1 aliphatic carbocycles. The Morgan fingerprint density at radius 1 is 1.47 bits per heavy atom. The van der Waals surface area contributed by atoms with Crippen molar-refractivity contribution in [2.45, 2.75) is 58.1 Å². The molecule has 0 saturated heterocycles. The Labute approximate surface area is 103 Å². The Balaban J connectivity index is 2.54. The zero-order chi connectivity index (χ0) is 13.1. The smallest absolute Gasteiger partial charge is 0.408 e. The van der Waals surface area contributed by atoms with E-state index in [1.54, 1.807) is 0 Å². The molecule has 0 bridgehead atoms. The molecule has 0 heterocycles. The first kappa shape index (κ1) is 14.3. The fourth-order valence-corrected chi connectivity index (χ4v) is 2.11. The van der Waals surface area contributed by atoms with Crippen LogP contribution in [-0.4, -0.2) is 23.8 Å². The number of alkyl carbamates (subject to hydrolysis) is 1. The summed E-state index contributed by atoms with van der Waals surface area (Å²) in [6.07, 6.45) is 2.67. The van der Waals surface area contributed by atoms with Gasteiger partial charge in [0.15, 0.2) is 0 Å². The Morgan fingerprint density at radius 2 is 2.06 bits per heavy atom. The van der Waals surface area contributed by atoms with Gasteiger partial charge in [-0.2, -0.15) is 0 Å². The number of carbonyl (C=O) groups is 1. The van der Waals surface area contributed by atoms with Gasteiger partial charge in [0.2, 0.25) is 0 Å². The summed E-state index contributed by atoms with van der Waals surface area (Å²) in [6, 6.07) is 0. The van der Waals surface area contributed by atoms with Crippen LogP contribution in [-0.2, 0) is 9.57 Å². The molecule has 1 rings (SSSR count). The topological polar surface area (TPSA) is 73.6 Å². The maximum Gasteiger partial charge on any atom is 0.408 e. The van der Waals surface area contributed by atoms with Crippen LogP contribution in [0.15, 0.2) is 0 Å². The minimum absolute atomic E-state index is 0.189. The fraction of sp³-hybridized carbons (Fsp3) is 0.917. The van der Waals surface area contributed by atoms with E-state index >= 15 is 0 Å². The summed E-state index contributed by atoms with van der Waals surface area (Å²) >= 11 is 0. The van der Waals surface area contributed by atoms with E-state index in [2.05, 4.69) is 10.2 Å². The number of rotatable bonds is 4. The van der Waals surface area contributed by atoms with Crippen molar-refractivity contribution in [2.75, 3.05) is 6.61 Å². The summed E-state index contributed by atoms with van der Waals surface area (Å²) < 4.78 is 5.28. The third kappa shape index (κ3) is 3.85. The van der Waals surface area contributed by atoms with Crippen molar-refractivity contribution >= 4 is 6.09 Å². The normalized spacial score (nSPS) is 20.3. The van der Waals surface area contributed by atoms with Crippen molar-refractivity contribution in [3.8, 4) is 0 Å². The van der Waals surface area contributed by atoms with Gasteiger partial charge in [-0.1, -0.05) is 6.92 Å². The molecular weight excluding hydrogens is 220 g/mol. The van der Waals surface area contributed by atoms with E-state index in [-0.39, 0.29) is 17.6 Å². The molecule has 1 amide bonds. The predicted octanol–water partition coefficient (Wildman–Crippen LogP) is 1.96. The highest BCUT2D eigenvalue weighted by Crippen LogP contribution is 2.38. The van der Waals surface area contributed by atoms with E-state index in [1.807, 2.05) is 27.7 Å². The van der Waals surface area contributed by atoms with Crippen LogP contribution in [0.1, 0.15) is 47.0 Å². The van der Waals surface area contributed by atoms with Crippen molar-refractivity contribution in [3.05, 3.63) is 0 Å². The fourth-order valence-electron chi connectivity index (χ4n) is 2.11. The molecule has 0 aliphatic heterocycles. The molecule has 1 unspecified atom stereocenters. The van der Waals surface area contributed by atoms with E-state index in [4.69, 9.17) is 10.6 Å². The van der Waals surface area contributed by atoms with E-state index < -0.39 is 5.60 Å². The summed E-state index contributed by atoms with van der Waals surface area (Å²) in [5.74, 6) is 5.28. The number of hydrogen-bond donors (Lipinski definition) is 2. The first-order chi connectivity index (χ1) is 7.79. The second kappa shape index (κ2) is 5.23. The molecule has 17 heavy (non-hydrogen) atoms. The Kier molecular flexibility index (Phi) is 4.38. The summed E-state index contributed by atoms with van der Waals surface area (Å²) in [7, 11) is 0. The van der Waals surface area contributed by atoms with Crippen molar-refractivity contribution in [3.63, 3.8) is 0 Å². The third-order valence-corrected chi connectivity index (χ3v) is 3.29. The van der Waals surface area contributed by atoms with Gasteiger partial charge in [-0.3, -0.25) is 0 Å². The van der Waals surface area contributed by atoms with Crippen LogP contribution in [0.2, 0.25) is 0 Å². The van der Waals surface area contributed by atoms with Crippen molar-refractivity contribution in [1.82, 2.24) is 5.32 Å². The number of nitrogens with one attached hydrogen (secondary N) is 1. The zero-order valence-electron chi connectivity index (χ0n) is 11.2. The standard InChI is InChI=1S/C12H24N2O3/c1-9(8-16-13)12(6-5-7-12)14-10(15)17-11(2,3)4/h9H,5-8,13H2,1-4H3,(H,14,15). The van der Waals surface area contributed by atoms with Crippen molar-refractivity contribution in [1.29, 1.82) is 0 Å². The van der Waals surface area contributed by atoms with Crippen LogP contribution in [0.5, 0.6) is 0 Å². The van der Waals surface area contributed by atoms with Gasteiger partial charge >= 0.3 is 6.09 Å². The Bertz CT molecular complexity index is 269. The van der Waals surface area contributed by atoms with Crippen LogP contribution in [0.25, 0.3) is 0 Å². The molecule has 0 spiro atoms. The van der Waals surface area contributed by atoms with Gasteiger partial charge in [0, 0.05) is 11.5 Å². The molecule has 100 valence electrons. The monoisotopic (exact) mass is 244 g/mol. The van der Waals surface area contributed by atoms with E-state index in [0.29, 0.717) is 6.61 Å². The molecular formula is C12H24N2O3. The van der Waals surface area contributed by atoms with Crippen molar-refractivity contribution < 1.29 is 14.4 Å². The lowest BCUT2D eigenvalue weighted by atomic mass is 9.69. The highest BCUT2D eigenvalue weighted by atomic mass is 16.6. The number of hydrogen-bond acceptors (Lipinski definition) is 4. The minimum atomic E-state index is -0.470. The highest BCUT2D eigenvalue weighted by Gasteiger charge is 2.44. The largest absolute Gasteiger partial charge is 0.444 e. The molecule has 0 aromatic rings. The van der Waals surface area contributed by atoms with Gasteiger partial charge in [0.25, 0.3) is 0 Å². The minimum Gasteiger partial charge on any atom is -0.444 e. The summed E-state index contributed by atoms with van der Waals surface area (Å²) in [5, 5.41) is 2.97. The lowest BCUT2D eigenvalue weighted by Gasteiger charge is -2.46. The molecule has 1 aliphatic rings. The van der Waals surface area contributed by atoms with E-state index in [1.165, 1.54) is 0 Å². The predicted molar refractivity (Wildman–Crippen MR) is 65.3 cm³/mol. The molecule has 0 aromatic carbocycles. The third-order valence-electron chi connectivity index (χ3n) is 3.29. The molecule has 3 N–H and O–H groups in total. The Morgan fingerprint density at radius 3 is 2.41 bits per heavy atom. The van der Waals surface area contributed by atoms with Crippen LogP contribution in [0.4, 0.5) is 4.79 Å². The van der Waals surface area contributed by atoms with Crippen LogP contribution < -0.4 is 11.2 Å². The maximum absolute atomic E-state index is 11.8. The van der Waals surface area contributed by atoms with Gasteiger partial charge in [0.05, 0.1) is 6.61 Å². The summed E-state index contributed by atoms with van der Waals surface area (Å²) in [6.45, 7) is 8.03. The Hall–Kier alpha value is -0.810. The zero-order valence-corrected chi connectivity index (χ0v) is 11.2. The lowest BCUT2D eigenvalue weighted by Crippen LogP contribution is -2.59. The average Bonchev–Trinajstić information content (AvgIpc) is 2.08. The number of carbonyl (C=O) groups excluding carboxylic acids is 1. The summed E-state index contributed by atoms with van der Waals surface area (Å²) in [5.41, 5.74) is -0.676. The van der Waals surface area contributed by atoms with Gasteiger partial charge in [0.1, 0.15) is 5.60 Å². The highest BCUT2D eigenvalue weighted by molar-refractivity contribution is 5.69. The SMILES string of the molecule is CC(CON)C1(NC(=O)OC(C)(C)C)CCC1. The van der Waals surface area contributed by atoms with Gasteiger partial charge in [-0.25, -0.2) is 10.7 Å². The molecule has 1 atom stereocenters. The summed E-state index contributed by atoms with van der Waals surface area (Å²) in [4.78, 5) is 16.4. The second-order valence-electron chi connectivity index (χ2n) is 5.87. The quantitative estimate of drug-likeness (QED) is 0.741. The van der Waals surface area contributed by atoms with Crippen LogP contribution in [0, 0.1) is 5.92 Å². The number of nitrogens with two attached hydrogens (primary N) is 1. The molecule has 0 radical (unpaired) electrons. The first-order valence-electron chi connectivity index (χ1n) is 6.12. The van der Waals surface area contributed by atoms with E-state index in [0.717, 1.165) is 19.3 Å². The van der Waals surface area contributed by atoms with E-state index in [9.17, 15) is 4.79 Å². The number of ether oxygens (including phenoxy) is 1.